The number of amides is 1. The normalized spacial score (nSPS) is 11.5. The monoisotopic (exact) mass is 513 g/mol. The van der Waals surface area contributed by atoms with Gasteiger partial charge < -0.3 is 38.5 Å². The van der Waals surface area contributed by atoms with E-state index in [-0.39, 0.29) is 19.0 Å². The van der Waals surface area contributed by atoms with Gasteiger partial charge in [-0.3, -0.25) is 0 Å². The maximum absolute atomic E-state index is 12.0. The van der Waals surface area contributed by atoms with Gasteiger partial charge in [-0.1, -0.05) is 0 Å². The third kappa shape index (κ3) is 16.7. The van der Waals surface area contributed by atoms with Crippen LogP contribution in [0.15, 0.2) is 24.3 Å². The second-order valence-electron chi connectivity index (χ2n) is 9.49. The van der Waals surface area contributed by atoms with E-state index in [2.05, 4.69) is 5.32 Å². The van der Waals surface area contributed by atoms with Crippen LogP contribution in [-0.2, 0) is 28.4 Å². The number of rotatable bonds is 14. The number of hydrogen-bond acceptors (Lipinski definition) is 10. The van der Waals surface area contributed by atoms with E-state index < -0.39 is 29.4 Å². The Labute approximate surface area is 212 Å². The van der Waals surface area contributed by atoms with Gasteiger partial charge in [-0.2, -0.15) is 0 Å². The molecule has 0 aliphatic carbocycles. The Bertz CT molecular complexity index is 797. The smallest absolute Gasteiger partial charge is 0.456 e. The number of nitrogens with one attached hydrogen (secondary N) is 1. The van der Waals surface area contributed by atoms with Crippen molar-refractivity contribution in [2.45, 2.75) is 52.7 Å². The van der Waals surface area contributed by atoms with Crippen LogP contribution < -0.4 is 10.1 Å². The number of carbonyl (C=O) groups is 3. The Morgan fingerprint density at radius 1 is 0.694 bits per heavy atom. The van der Waals surface area contributed by atoms with Crippen molar-refractivity contribution >= 4 is 18.2 Å². The largest absolute Gasteiger partial charge is 0.513 e. The zero-order chi connectivity index (χ0) is 27.0. The highest BCUT2D eigenvalue weighted by molar-refractivity contribution is 5.89. The van der Waals surface area contributed by atoms with E-state index in [0.29, 0.717) is 45.1 Å². The van der Waals surface area contributed by atoms with Gasteiger partial charge in [0, 0.05) is 6.54 Å². The summed E-state index contributed by atoms with van der Waals surface area (Å²) >= 11 is 0. The average molecular weight is 514 g/mol. The number of alkyl carbamates (subject to hydrolysis) is 1. The molecule has 0 heterocycles. The van der Waals surface area contributed by atoms with Crippen LogP contribution in [0, 0.1) is 0 Å². The second kappa shape index (κ2) is 16.0. The SMILES string of the molecule is CC(C)(C)OC(=O)NCCOCCOCCOCCOC(=O)Oc1ccc(C(=O)OC(C)(C)C)cc1. The fraction of sp³-hybridized carbons (Fsp3) is 0.640. The molecule has 1 rings (SSSR count). The lowest BCUT2D eigenvalue weighted by molar-refractivity contribution is 0.00236. The molecule has 1 aromatic carbocycles. The van der Waals surface area contributed by atoms with Gasteiger partial charge in [0.05, 0.1) is 45.2 Å². The molecule has 0 spiro atoms. The molecular formula is C25H39NO10. The van der Waals surface area contributed by atoms with E-state index >= 15 is 0 Å². The fourth-order valence-corrected chi connectivity index (χ4v) is 2.39. The topological polar surface area (TPSA) is 128 Å². The number of esters is 1. The van der Waals surface area contributed by atoms with E-state index in [1.165, 1.54) is 24.3 Å². The minimum atomic E-state index is -0.877. The minimum Gasteiger partial charge on any atom is -0.456 e. The van der Waals surface area contributed by atoms with Crippen molar-refractivity contribution in [1.82, 2.24) is 5.32 Å². The summed E-state index contributed by atoms with van der Waals surface area (Å²) in [5.41, 5.74) is -0.778. The highest BCUT2D eigenvalue weighted by Gasteiger charge is 2.18. The molecule has 204 valence electrons. The van der Waals surface area contributed by atoms with E-state index in [4.69, 9.17) is 33.2 Å². The van der Waals surface area contributed by atoms with E-state index in [1.54, 1.807) is 41.5 Å². The van der Waals surface area contributed by atoms with Gasteiger partial charge in [-0.15, -0.1) is 0 Å². The molecule has 0 saturated carbocycles. The Morgan fingerprint density at radius 2 is 1.19 bits per heavy atom. The summed E-state index contributed by atoms with van der Waals surface area (Å²) in [5, 5.41) is 2.60. The lowest BCUT2D eigenvalue weighted by Gasteiger charge is -2.19. The van der Waals surface area contributed by atoms with Crippen LogP contribution in [0.5, 0.6) is 5.75 Å². The van der Waals surface area contributed by atoms with Crippen LogP contribution in [0.4, 0.5) is 9.59 Å². The lowest BCUT2D eigenvalue weighted by Crippen LogP contribution is -2.34. The minimum absolute atomic E-state index is 0.0165. The first-order valence-electron chi connectivity index (χ1n) is 11.7. The maximum Gasteiger partial charge on any atom is 0.513 e. The summed E-state index contributed by atoms with van der Waals surface area (Å²) in [4.78, 5) is 35.2. The standard InChI is InChI=1S/C25H39NO10/c1-24(2,3)35-21(27)19-7-9-20(10-8-19)34-23(29)33-18-17-32-16-15-31-14-13-30-12-11-26-22(28)36-25(4,5)6/h7-10H,11-18H2,1-6H3,(H,26,28). The Balaban J connectivity index is 1.99. The van der Waals surface area contributed by atoms with E-state index in [1.807, 2.05) is 0 Å². The van der Waals surface area contributed by atoms with Gasteiger partial charge >= 0.3 is 18.2 Å². The molecule has 0 aromatic heterocycles. The van der Waals surface area contributed by atoms with Crippen molar-refractivity contribution in [3.63, 3.8) is 0 Å². The van der Waals surface area contributed by atoms with Crippen molar-refractivity contribution < 1.29 is 47.5 Å². The third-order valence-corrected chi connectivity index (χ3v) is 3.80. The number of hydrogen-bond donors (Lipinski definition) is 1. The first-order chi connectivity index (χ1) is 16.9. The molecule has 0 saturated heterocycles. The zero-order valence-electron chi connectivity index (χ0n) is 22.0. The molecule has 0 fully saturated rings. The van der Waals surface area contributed by atoms with Gasteiger partial charge in [0.2, 0.25) is 0 Å². The summed E-state index contributed by atoms with van der Waals surface area (Å²) in [5.74, 6) is -0.220. The van der Waals surface area contributed by atoms with E-state index in [9.17, 15) is 14.4 Å². The predicted molar refractivity (Wildman–Crippen MR) is 130 cm³/mol. The van der Waals surface area contributed by atoms with Crippen LogP contribution in [-0.4, -0.2) is 82.2 Å². The van der Waals surface area contributed by atoms with Gasteiger partial charge in [-0.05, 0) is 65.8 Å². The molecule has 1 amide bonds. The van der Waals surface area contributed by atoms with Gasteiger partial charge in [-0.25, -0.2) is 14.4 Å². The van der Waals surface area contributed by atoms with Crippen LogP contribution in [0.2, 0.25) is 0 Å². The Hall–Kier alpha value is -2.89. The fourth-order valence-electron chi connectivity index (χ4n) is 2.39. The second-order valence-corrected chi connectivity index (χ2v) is 9.49. The Kier molecular flexibility index (Phi) is 13.8. The zero-order valence-corrected chi connectivity index (χ0v) is 22.0. The van der Waals surface area contributed by atoms with Crippen LogP contribution in [0.1, 0.15) is 51.9 Å². The van der Waals surface area contributed by atoms with Crippen molar-refractivity contribution in [3.8, 4) is 5.75 Å². The van der Waals surface area contributed by atoms with Crippen molar-refractivity contribution in [3.05, 3.63) is 29.8 Å². The summed E-state index contributed by atoms with van der Waals surface area (Å²) in [6, 6.07) is 5.98. The summed E-state index contributed by atoms with van der Waals surface area (Å²) < 4.78 is 36.4. The molecule has 11 nitrogen and oxygen atoms in total. The molecule has 0 atom stereocenters. The average Bonchev–Trinajstić information content (AvgIpc) is 2.75. The Morgan fingerprint density at radius 3 is 1.72 bits per heavy atom. The summed E-state index contributed by atoms with van der Waals surface area (Å²) in [7, 11) is 0. The molecule has 36 heavy (non-hydrogen) atoms. The van der Waals surface area contributed by atoms with Crippen molar-refractivity contribution in [2.75, 3.05) is 52.8 Å². The molecule has 0 radical (unpaired) electrons. The van der Waals surface area contributed by atoms with Crippen molar-refractivity contribution in [2.24, 2.45) is 0 Å². The van der Waals surface area contributed by atoms with Crippen molar-refractivity contribution in [1.29, 1.82) is 0 Å². The molecule has 0 bridgehead atoms. The highest BCUT2D eigenvalue weighted by Crippen LogP contribution is 2.16. The summed E-state index contributed by atoms with van der Waals surface area (Å²) in [6.45, 7) is 13.1. The van der Waals surface area contributed by atoms with Gasteiger partial charge in [0.25, 0.3) is 0 Å². The third-order valence-electron chi connectivity index (χ3n) is 3.80. The van der Waals surface area contributed by atoms with Gasteiger partial charge in [0.15, 0.2) is 0 Å². The molecule has 1 N–H and O–H groups in total. The molecule has 0 unspecified atom stereocenters. The molecule has 11 heteroatoms. The number of ether oxygens (including phenoxy) is 7. The molecule has 0 aliphatic heterocycles. The number of benzene rings is 1. The first-order valence-corrected chi connectivity index (χ1v) is 11.7. The lowest BCUT2D eigenvalue weighted by atomic mass is 10.1. The van der Waals surface area contributed by atoms with Crippen LogP contribution in [0.3, 0.4) is 0 Å². The number of carbonyl (C=O) groups excluding carboxylic acids is 3. The summed E-state index contributed by atoms with van der Waals surface area (Å²) in [6.07, 6.45) is -1.36. The first kappa shape index (κ1) is 31.1. The maximum atomic E-state index is 12.0. The molecule has 0 aliphatic rings. The molecular weight excluding hydrogens is 474 g/mol. The molecule has 1 aromatic rings. The van der Waals surface area contributed by atoms with E-state index in [0.717, 1.165) is 0 Å². The predicted octanol–water partition coefficient (Wildman–Crippen LogP) is 3.73. The quantitative estimate of drug-likeness (QED) is 0.170. The van der Waals surface area contributed by atoms with Crippen LogP contribution in [0.25, 0.3) is 0 Å². The highest BCUT2D eigenvalue weighted by atomic mass is 16.7. The van der Waals surface area contributed by atoms with Crippen LogP contribution >= 0.6 is 0 Å². The van der Waals surface area contributed by atoms with Gasteiger partial charge in [0.1, 0.15) is 23.6 Å².